The van der Waals surface area contributed by atoms with E-state index < -0.39 is 0 Å². The molecule has 0 fully saturated rings. The maximum absolute atomic E-state index is 9.38. The van der Waals surface area contributed by atoms with E-state index in [-0.39, 0.29) is 13.2 Å². The van der Waals surface area contributed by atoms with E-state index in [1.165, 1.54) is 5.56 Å². The number of hydrogen-bond donors (Lipinski definition) is 2. The fraction of sp³-hybridized carbons (Fsp3) is 0.0714. The summed E-state index contributed by atoms with van der Waals surface area (Å²) in [6, 6.07) is 34.4. The molecule has 0 radical (unpaired) electrons. The van der Waals surface area contributed by atoms with Crippen LogP contribution in [0.1, 0.15) is 22.3 Å². The number of aliphatic hydroxyl groups excluding tert-OH is 2. The number of nitrogens with zero attached hydrogens (tertiary/aromatic N) is 1. The lowest BCUT2D eigenvalue weighted by atomic mass is 10.1. The predicted molar refractivity (Wildman–Crippen MR) is 128 cm³/mol. The summed E-state index contributed by atoms with van der Waals surface area (Å²) in [5.41, 5.74) is 7.08. The number of aliphatic hydroxyl groups is 2. The molecule has 3 nitrogen and oxygen atoms in total. The van der Waals surface area contributed by atoms with Crippen molar-refractivity contribution in [2.75, 3.05) is 4.90 Å². The van der Waals surface area contributed by atoms with E-state index in [2.05, 4.69) is 53.5 Å². The summed E-state index contributed by atoms with van der Waals surface area (Å²) in [5.74, 6) is 0. The molecule has 0 aliphatic rings. The third-order valence-corrected chi connectivity index (χ3v) is 5.17. The van der Waals surface area contributed by atoms with Gasteiger partial charge in [0, 0.05) is 17.1 Å². The van der Waals surface area contributed by atoms with E-state index in [9.17, 15) is 10.2 Å². The van der Waals surface area contributed by atoms with Gasteiger partial charge < -0.3 is 15.1 Å². The molecular weight excluding hydrogens is 382 g/mol. The average molecular weight is 408 g/mol. The zero-order valence-corrected chi connectivity index (χ0v) is 17.2. The topological polar surface area (TPSA) is 43.7 Å². The van der Waals surface area contributed by atoms with Gasteiger partial charge in [-0.15, -0.1) is 0 Å². The van der Waals surface area contributed by atoms with Gasteiger partial charge >= 0.3 is 0 Å². The van der Waals surface area contributed by atoms with Gasteiger partial charge in [-0.1, -0.05) is 78.9 Å². The molecule has 154 valence electrons. The van der Waals surface area contributed by atoms with Crippen molar-refractivity contribution >= 4 is 29.2 Å². The van der Waals surface area contributed by atoms with Crippen LogP contribution < -0.4 is 4.90 Å². The van der Waals surface area contributed by atoms with E-state index in [1.54, 1.807) is 0 Å². The van der Waals surface area contributed by atoms with E-state index in [0.717, 1.165) is 33.8 Å². The number of anilines is 3. The molecule has 4 rings (SSSR count). The van der Waals surface area contributed by atoms with Gasteiger partial charge in [-0.25, -0.2) is 0 Å². The van der Waals surface area contributed by atoms with Gasteiger partial charge in [-0.3, -0.25) is 0 Å². The summed E-state index contributed by atoms with van der Waals surface area (Å²) in [6.45, 7) is 0.0435. The third-order valence-electron chi connectivity index (χ3n) is 5.17. The maximum atomic E-state index is 9.38. The highest BCUT2D eigenvalue weighted by atomic mass is 16.3. The molecule has 0 saturated carbocycles. The molecule has 0 aromatic heterocycles. The Morgan fingerprint density at radius 1 is 0.484 bits per heavy atom. The Bertz CT molecular complexity index is 1070. The first-order chi connectivity index (χ1) is 15.3. The second kappa shape index (κ2) is 9.90. The summed E-state index contributed by atoms with van der Waals surface area (Å²) >= 11 is 0. The fourth-order valence-electron chi connectivity index (χ4n) is 3.44. The highest BCUT2D eigenvalue weighted by Crippen LogP contribution is 2.35. The number of benzene rings is 4. The molecule has 0 bridgehead atoms. The Morgan fingerprint density at radius 3 is 1.29 bits per heavy atom. The van der Waals surface area contributed by atoms with Crippen LogP contribution in [0.15, 0.2) is 103 Å². The van der Waals surface area contributed by atoms with Crippen molar-refractivity contribution in [1.29, 1.82) is 0 Å². The average Bonchev–Trinajstić information content (AvgIpc) is 2.85. The van der Waals surface area contributed by atoms with E-state index >= 15 is 0 Å². The fourth-order valence-corrected chi connectivity index (χ4v) is 3.44. The van der Waals surface area contributed by atoms with E-state index in [1.807, 2.05) is 66.7 Å². The van der Waals surface area contributed by atoms with Crippen LogP contribution in [0.5, 0.6) is 0 Å². The minimum absolute atomic E-state index is 0.0217. The predicted octanol–water partition coefficient (Wildman–Crippen LogP) is 6.31. The molecule has 2 N–H and O–H groups in total. The SMILES string of the molecule is OCc1ccc(N(c2ccc(/C=C/c3ccccc3)cc2)c2ccc(CO)cc2)cc1. The molecule has 0 aliphatic carbocycles. The first-order valence-corrected chi connectivity index (χ1v) is 10.3. The van der Waals surface area contributed by atoms with Gasteiger partial charge in [-0.2, -0.15) is 0 Å². The van der Waals surface area contributed by atoms with Crippen LogP contribution in [0.2, 0.25) is 0 Å². The number of rotatable bonds is 7. The second-order valence-electron chi connectivity index (χ2n) is 7.32. The molecule has 0 saturated heterocycles. The monoisotopic (exact) mass is 407 g/mol. The van der Waals surface area contributed by atoms with Crippen LogP contribution >= 0.6 is 0 Å². The largest absolute Gasteiger partial charge is 0.392 e. The van der Waals surface area contributed by atoms with Crippen LogP contribution in [0, 0.1) is 0 Å². The van der Waals surface area contributed by atoms with Gasteiger partial charge in [0.05, 0.1) is 13.2 Å². The van der Waals surface area contributed by atoms with Crippen LogP contribution in [0.25, 0.3) is 12.2 Å². The highest BCUT2D eigenvalue weighted by molar-refractivity contribution is 5.78. The molecule has 3 heteroatoms. The van der Waals surface area contributed by atoms with Gasteiger partial charge in [0.2, 0.25) is 0 Å². The molecule has 4 aromatic rings. The Labute approximate surface area is 183 Å². The molecule has 0 amide bonds. The molecule has 0 spiro atoms. The van der Waals surface area contributed by atoms with Crippen LogP contribution in [0.3, 0.4) is 0 Å². The van der Waals surface area contributed by atoms with Crippen LogP contribution in [-0.4, -0.2) is 10.2 Å². The summed E-state index contributed by atoms with van der Waals surface area (Å²) in [5, 5.41) is 18.8. The molecule has 4 aromatic carbocycles. The molecule has 31 heavy (non-hydrogen) atoms. The van der Waals surface area contributed by atoms with Crippen LogP contribution in [0.4, 0.5) is 17.1 Å². The van der Waals surface area contributed by atoms with Gasteiger partial charge in [0.25, 0.3) is 0 Å². The van der Waals surface area contributed by atoms with Crippen molar-refractivity contribution in [3.63, 3.8) is 0 Å². The maximum Gasteiger partial charge on any atom is 0.0681 e. The Kier molecular flexibility index (Phi) is 6.58. The molecule has 0 atom stereocenters. The lowest BCUT2D eigenvalue weighted by molar-refractivity contribution is 0.281. The van der Waals surface area contributed by atoms with Gasteiger partial charge in [-0.05, 0) is 58.7 Å². The standard InChI is InChI=1S/C28H25NO2/c30-20-24-10-16-27(17-11-24)29(28-18-12-25(21-31)13-19-28)26-14-8-23(9-15-26)7-6-22-4-2-1-3-5-22/h1-19,30-31H,20-21H2/b7-6+. The number of hydrogen-bond acceptors (Lipinski definition) is 3. The second-order valence-corrected chi connectivity index (χ2v) is 7.32. The summed E-state index contributed by atoms with van der Waals surface area (Å²) < 4.78 is 0. The molecular formula is C28H25NO2. The zero-order chi connectivity index (χ0) is 21.5. The Balaban J connectivity index is 1.66. The lowest BCUT2D eigenvalue weighted by Crippen LogP contribution is -2.10. The minimum atomic E-state index is 0.0217. The summed E-state index contributed by atoms with van der Waals surface area (Å²) in [4.78, 5) is 2.16. The van der Waals surface area contributed by atoms with Gasteiger partial charge in [0.1, 0.15) is 0 Å². The summed E-state index contributed by atoms with van der Waals surface area (Å²) in [6.07, 6.45) is 4.21. The van der Waals surface area contributed by atoms with Gasteiger partial charge in [0.15, 0.2) is 0 Å². The van der Waals surface area contributed by atoms with E-state index in [0.29, 0.717) is 0 Å². The van der Waals surface area contributed by atoms with E-state index in [4.69, 9.17) is 0 Å². The van der Waals surface area contributed by atoms with Crippen molar-refractivity contribution in [3.8, 4) is 0 Å². The van der Waals surface area contributed by atoms with Crippen molar-refractivity contribution in [1.82, 2.24) is 0 Å². The first kappa shape index (κ1) is 20.6. The third kappa shape index (κ3) is 5.10. The van der Waals surface area contributed by atoms with Crippen molar-refractivity contribution in [2.24, 2.45) is 0 Å². The Morgan fingerprint density at radius 2 is 0.871 bits per heavy atom. The lowest BCUT2D eigenvalue weighted by Gasteiger charge is -2.26. The Hall–Kier alpha value is -3.66. The normalized spacial score (nSPS) is 11.0. The molecule has 0 unspecified atom stereocenters. The molecule has 0 aliphatic heterocycles. The molecule has 0 heterocycles. The van der Waals surface area contributed by atoms with Crippen molar-refractivity contribution in [3.05, 3.63) is 125 Å². The summed E-state index contributed by atoms with van der Waals surface area (Å²) in [7, 11) is 0. The van der Waals surface area contributed by atoms with Crippen LogP contribution in [-0.2, 0) is 13.2 Å². The highest BCUT2D eigenvalue weighted by Gasteiger charge is 2.12. The van der Waals surface area contributed by atoms with Crippen molar-refractivity contribution < 1.29 is 10.2 Å². The first-order valence-electron chi connectivity index (χ1n) is 10.3. The van der Waals surface area contributed by atoms with Crippen molar-refractivity contribution in [2.45, 2.75) is 13.2 Å². The minimum Gasteiger partial charge on any atom is -0.392 e. The quantitative estimate of drug-likeness (QED) is 0.353. The zero-order valence-electron chi connectivity index (χ0n) is 17.2. The smallest absolute Gasteiger partial charge is 0.0681 e.